The second-order valence-corrected chi connectivity index (χ2v) is 6.83. The van der Waals surface area contributed by atoms with E-state index >= 15 is 0 Å². The van der Waals surface area contributed by atoms with E-state index in [1.165, 1.54) is 0 Å². The Bertz CT molecular complexity index is 399. The number of urea groups is 1. The van der Waals surface area contributed by atoms with Crippen molar-refractivity contribution in [3.8, 4) is 0 Å². The van der Waals surface area contributed by atoms with Gasteiger partial charge in [0.15, 0.2) is 0 Å². The Morgan fingerprint density at radius 3 is 2.45 bits per heavy atom. The molecule has 1 saturated carbocycles. The molecule has 2 aliphatic rings. The smallest absolute Gasteiger partial charge is 0.315 e. The fourth-order valence-corrected chi connectivity index (χ4v) is 3.39. The molecule has 0 spiro atoms. The molecule has 1 heterocycles. The molecule has 1 aliphatic carbocycles. The normalized spacial score (nSPS) is 24.1. The van der Waals surface area contributed by atoms with Crippen molar-refractivity contribution in [1.82, 2.24) is 15.5 Å². The van der Waals surface area contributed by atoms with Crippen LogP contribution in [0.15, 0.2) is 0 Å². The van der Waals surface area contributed by atoms with Crippen LogP contribution in [0.3, 0.4) is 0 Å². The van der Waals surface area contributed by atoms with Crippen molar-refractivity contribution < 1.29 is 14.3 Å². The number of ether oxygens (including phenoxy) is 1. The Hall–Kier alpha value is -1.30. The molecule has 0 unspecified atom stereocenters. The lowest BCUT2D eigenvalue weighted by molar-refractivity contribution is -0.140. The van der Waals surface area contributed by atoms with E-state index < -0.39 is 5.54 Å². The maximum absolute atomic E-state index is 13.1. The molecule has 2 fully saturated rings. The summed E-state index contributed by atoms with van der Waals surface area (Å²) < 4.78 is 5.39. The van der Waals surface area contributed by atoms with Gasteiger partial charge in [-0.25, -0.2) is 4.79 Å². The van der Waals surface area contributed by atoms with Crippen molar-refractivity contribution in [3.63, 3.8) is 0 Å². The molecule has 0 aromatic carbocycles. The first kappa shape index (κ1) is 17.1. The third-order valence-corrected chi connectivity index (χ3v) is 4.66. The molecule has 1 atom stereocenters. The Balaban J connectivity index is 2.09. The van der Waals surface area contributed by atoms with Gasteiger partial charge in [-0.2, -0.15) is 0 Å². The van der Waals surface area contributed by atoms with Gasteiger partial charge in [-0.1, -0.05) is 19.3 Å². The molecule has 2 N–H and O–H groups in total. The average Bonchev–Trinajstić information content (AvgIpc) is 2.99. The number of amides is 3. The largest absolute Gasteiger partial charge is 0.379 e. The lowest BCUT2D eigenvalue weighted by Crippen LogP contribution is -2.63. The molecule has 1 aliphatic heterocycles. The second-order valence-electron chi connectivity index (χ2n) is 6.83. The van der Waals surface area contributed by atoms with E-state index in [2.05, 4.69) is 10.6 Å². The van der Waals surface area contributed by atoms with Crippen molar-refractivity contribution in [1.29, 1.82) is 0 Å². The quantitative estimate of drug-likeness (QED) is 0.829. The summed E-state index contributed by atoms with van der Waals surface area (Å²) >= 11 is 0. The first-order valence-electron chi connectivity index (χ1n) is 8.38. The highest BCUT2D eigenvalue weighted by atomic mass is 16.5. The van der Waals surface area contributed by atoms with Crippen LogP contribution in [-0.4, -0.2) is 54.7 Å². The van der Waals surface area contributed by atoms with Gasteiger partial charge < -0.3 is 20.3 Å². The van der Waals surface area contributed by atoms with Gasteiger partial charge in [0.25, 0.3) is 0 Å². The number of hydrogen-bond acceptors (Lipinski definition) is 3. The number of likely N-dealkylation sites (N-methyl/N-ethyl adjacent to an activating group) is 1. The number of nitrogens with zero attached hydrogens (tertiary/aromatic N) is 1. The van der Waals surface area contributed by atoms with Gasteiger partial charge in [-0.05, 0) is 33.1 Å². The standard InChI is InChI=1S/C16H29N3O3/c1-12(2)17-15(21)18-16(8-5-4-6-9-16)14(20)19(3)13-7-10-22-11-13/h12-13H,4-11H2,1-3H3,(H2,17,18,21)/t13-/m1/s1. The number of rotatable bonds is 4. The zero-order valence-electron chi connectivity index (χ0n) is 14.0. The Kier molecular flexibility index (Phi) is 5.67. The van der Waals surface area contributed by atoms with Crippen molar-refractivity contribution in [2.75, 3.05) is 20.3 Å². The fourth-order valence-electron chi connectivity index (χ4n) is 3.39. The van der Waals surface area contributed by atoms with Gasteiger partial charge in [-0.3, -0.25) is 4.79 Å². The third kappa shape index (κ3) is 3.91. The molecule has 0 aromatic rings. The van der Waals surface area contributed by atoms with Gasteiger partial charge in [0.2, 0.25) is 5.91 Å². The Labute approximate surface area is 132 Å². The number of carbonyl (C=O) groups is 2. The summed E-state index contributed by atoms with van der Waals surface area (Å²) in [5.41, 5.74) is -0.755. The summed E-state index contributed by atoms with van der Waals surface area (Å²) in [4.78, 5) is 27.0. The lowest BCUT2D eigenvalue weighted by Gasteiger charge is -2.40. The number of nitrogens with one attached hydrogen (secondary N) is 2. The SMILES string of the molecule is CC(C)NC(=O)NC1(C(=O)N(C)[C@@H]2CCOC2)CCCCC1. The topological polar surface area (TPSA) is 70.7 Å². The van der Waals surface area contributed by atoms with Gasteiger partial charge in [0.1, 0.15) is 5.54 Å². The highest BCUT2D eigenvalue weighted by Gasteiger charge is 2.44. The summed E-state index contributed by atoms with van der Waals surface area (Å²) in [6.07, 6.45) is 5.38. The molecule has 6 nitrogen and oxygen atoms in total. The number of carbonyl (C=O) groups excluding carboxylic acids is 2. The molecule has 3 amide bonds. The highest BCUT2D eigenvalue weighted by molar-refractivity contribution is 5.91. The van der Waals surface area contributed by atoms with Gasteiger partial charge in [0.05, 0.1) is 12.6 Å². The highest BCUT2D eigenvalue weighted by Crippen LogP contribution is 2.31. The van der Waals surface area contributed by atoms with E-state index in [1.807, 2.05) is 20.9 Å². The molecule has 2 rings (SSSR count). The summed E-state index contributed by atoms with van der Waals surface area (Å²) in [6, 6.07) is -0.0701. The first-order valence-corrected chi connectivity index (χ1v) is 8.38. The molecule has 0 bridgehead atoms. The van der Waals surface area contributed by atoms with Crippen LogP contribution in [0.2, 0.25) is 0 Å². The van der Waals surface area contributed by atoms with Gasteiger partial charge in [0, 0.05) is 19.7 Å². The van der Waals surface area contributed by atoms with Crippen LogP contribution in [0, 0.1) is 0 Å². The zero-order chi connectivity index (χ0) is 16.2. The molecule has 126 valence electrons. The predicted molar refractivity (Wildman–Crippen MR) is 84.6 cm³/mol. The summed E-state index contributed by atoms with van der Waals surface area (Å²) in [5.74, 6) is 0.0293. The van der Waals surface area contributed by atoms with Crippen LogP contribution in [0.1, 0.15) is 52.4 Å². The van der Waals surface area contributed by atoms with E-state index in [1.54, 1.807) is 4.90 Å². The Morgan fingerprint density at radius 2 is 1.91 bits per heavy atom. The zero-order valence-corrected chi connectivity index (χ0v) is 14.0. The molecule has 0 aromatic heterocycles. The van der Waals surface area contributed by atoms with Crippen LogP contribution in [0.25, 0.3) is 0 Å². The number of hydrogen-bond donors (Lipinski definition) is 2. The predicted octanol–water partition coefficient (Wildman–Crippen LogP) is 1.64. The maximum Gasteiger partial charge on any atom is 0.315 e. The first-order chi connectivity index (χ1) is 10.4. The van der Waals surface area contributed by atoms with E-state index in [-0.39, 0.29) is 24.0 Å². The van der Waals surface area contributed by atoms with Crippen LogP contribution in [-0.2, 0) is 9.53 Å². The van der Waals surface area contributed by atoms with E-state index in [4.69, 9.17) is 4.74 Å². The fraction of sp³-hybridized carbons (Fsp3) is 0.875. The van der Waals surface area contributed by atoms with Crippen molar-refractivity contribution in [2.24, 2.45) is 0 Å². The monoisotopic (exact) mass is 311 g/mol. The maximum atomic E-state index is 13.1. The molecule has 22 heavy (non-hydrogen) atoms. The molecule has 6 heteroatoms. The third-order valence-electron chi connectivity index (χ3n) is 4.66. The van der Waals surface area contributed by atoms with E-state index in [0.29, 0.717) is 13.2 Å². The van der Waals surface area contributed by atoms with E-state index in [0.717, 1.165) is 38.5 Å². The van der Waals surface area contributed by atoms with Crippen LogP contribution in [0.4, 0.5) is 4.79 Å². The summed E-state index contributed by atoms with van der Waals surface area (Å²) in [5, 5.41) is 5.82. The minimum absolute atomic E-state index is 0.0293. The molecule has 0 radical (unpaired) electrons. The summed E-state index contributed by atoms with van der Waals surface area (Å²) in [7, 11) is 1.83. The van der Waals surface area contributed by atoms with Crippen molar-refractivity contribution in [2.45, 2.75) is 70.0 Å². The summed E-state index contributed by atoms with van der Waals surface area (Å²) in [6.45, 7) is 5.13. The average molecular weight is 311 g/mol. The minimum Gasteiger partial charge on any atom is -0.379 e. The molecular weight excluding hydrogens is 282 g/mol. The molecular formula is C16H29N3O3. The van der Waals surface area contributed by atoms with Crippen LogP contribution < -0.4 is 10.6 Å². The van der Waals surface area contributed by atoms with Crippen molar-refractivity contribution >= 4 is 11.9 Å². The van der Waals surface area contributed by atoms with Crippen LogP contribution in [0.5, 0.6) is 0 Å². The minimum atomic E-state index is -0.755. The van der Waals surface area contributed by atoms with Crippen molar-refractivity contribution in [3.05, 3.63) is 0 Å². The van der Waals surface area contributed by atoms with E-state index in [9.17, 15) is 9.59 Å². The van der Waals surface area contributed by atoms with Crippen LogP contribution >= 0.6 is 0 Å². The van der Waals surface area contributed by atoms with Gasteiger partial charge in [-0.15, -0.1) is 0 Å². The van der Waals surface area contributed by atoms with Gasteiger partial charge >= 0.3 is 6.03 Å². The second kappa shape index (κ2) is 7.31. The lowest BCUT2D eigenvalue weighted by atomic mass is 9.80. The Morgan fingerprint density at radius 1 is 1.23 bits per heavy atom. The molecule has 1 saturated heterocycles.